The van der Waals surface area contributed by atoms with Crippen molar-refractivity contribution in [3.05, 3.63) is 30.1 Å². The Hall–Kier alpha value is -1.18. The molecule has 0 bridgehead atoms. The van der Waals surface area contributed by atoms with Gasteiger partial charge < -0.3 is 0 Å². The zero-order chi connectivity index (χ0) is 10.7. The molecule has 15 heavy (non-hydrogen) atoms. The van der Waals surface area contributed by atoms with E-state index in [9.17, 15) is 4.79 Å². The van der Waals surface area contributed by atoms with Crippen LogP contribution in [0.15, 0.2) is 24.4 Å². The Labute approximate surface area is 90.7 Å². The monoisotopic (exact) mass is 203 g/mol. The van der Waals surface area contributed by atoms with Crippen molar-refractivity contribution in [2.45, 2.75) is 32.6 Å². The highest BCUT2D eigenvalue weighted by molar-refractivity contribution is 5.79. The Kier molecular flexibility index (Phi) is 3.14. The maximum absolute atomic E-state index is 11.4. The molecule has 80 valence electrons. The van der Waals surface area contributed by atoms with Crippen LogP contribution < -0.4 is 0 Å². The third-order valence-electron chi connectivity index (χ3n) is 3.37. The van der Waals surface area contributed by atoms with E-state index in [1.54, 1.807) is 0 Å². The van der Waals surface area contributed by atoms with Gasteiger partial charge in [0.05, 0.1) is 0 Å². The normalized spacial score (nSPS) is 26.6. The van der Waals surface area contributed by atoms with Gasteiger partial charge in [-0.3, -0.25) is 9.78 Å². The smallest absolute Gasteiger partial charge is 0.133 e. The average Bonchev–Trinajstić information content (AvgIpc) is 2.25. The first-order valence-electron chi connectivity index (χ1n) is 5.67. The van der Waals surface area contributed by atoms with Gasteiger partial charge in [-0.05, 0) is 36.8 Å². The van der Waals surface area contributed by atoms with Gasteiger partial charge in [-0.25, -0.2) is 0 Å². The molecule has 1 aromatic heterocycles. The fourth-order valence-corrected chi connectivity index (χ4v) is 2.28. The summed E-state index contributed by atoms with van der Waals surface area (Å²) in [7, 11) is 0. The lowest BCUT2D eigenvalue weighted by Crippen LogP contribution is -2.24. The molecular formula is C13H17NO. The molecule has 1 fully saturated rings. The van der Waals surface area contributed by atoms with Crippen molar-refractivity contribution in [1.82, 2.24) is 4.98 Å². The number of Topliss-reactive ketones (excluding diaryl/α,β-unsaturated/α-hetero) is 1. The molecule has 1 aliphatic carbocycles. The minimum atomic E-state index is 0.425. The van der Waals surface area contributed by atoms with Crippen LogP contribution in [0.3, 0.4) is 0 Å². The first-order chi connectivity index (χ1) is 7.25. The van der Waals surface area contributed by atoms with Crippen molar-refractivity contribution < 1.29 is 4.79 Å². The molecule has 0 amide bonds. The summed E-state index contributed by atoms with van der Waals surface area (Å²) in [6, 6.07) is 5.99. The Morgan fingerprint density at radius 1 is 1.47 bits per heavy atom. The molecule has 0 aromatic carbocycles. The molecule has 1 saturated carbocycles. The van der Waals surface area contributed by atoms with Gasteiger partial charge in [-0.2, -0.15) is 0 Å². The highest BCUT2D eigenvalue weighted by Gasteiger charge is 2.26. The van der Waals surface area contributed by atoms with E-state index < -0.39 is 0 Å². The quantitative estimate of drug-likeness (QED) is 0.739. The molecule has 1 heterocycles. The molecule has 0 saturated heterocycles. The molecule has 0 spiro atoms. The Bertz CT molecular complexity index is 334. The second-order valence-electron chi connectivity index (χ2n) is 4.54. The number of carbonyl (C=O) groups is 1. The zero-order valence-corrected chi connectivity index (χ0v) is 9.15. The summed E-state index contributed by atoms with van der Waals surface area (Å²) in [6.07, 6.45) is 5.35. The molecule has 2 nitrogen and oxygen atoms in total. The summed E-state index contributed by atoms with van der Waals surface area (Å²) in [4.78, 5) is 15.7. The highest BCUT2D eigenvalue weighted by Crippen LogP contribution is 2.29. The standard InChI is InChI=1S/C13H17NO/c1-10-5-6-13(15)9-11(10)8-12-4-2-3-7-14-12/h2-4,7,10-11H,5-6,8-9H2,1H3. The molecule has 2 heteroatoms. The van der Waals surface area contributed by atoms with Crippen LogP contribution in [0.2, 0.25) is 0 Å². The molecule has 0 N–H and O–H groups in total. The van der Waals surface area contributed by atoms with Gasteiger partial charge in [-0.1, -0.05) is 13.0 Å². The Balaban J connectivity index is 2.01. The number of aromatic nitrogens is 1. The van der Waals surface area contributed by atoms with Gasteiger partial charge in [0, 0.05) is 24.7 Å². The third-order valence-corrected chi connectivity index (χ3v) is 3.37. The lowest BCUT2D eigenvalue weighted by Gasteiger charge is -2.27. The van der Waals surface area contributed by atoms with Gasteiger partial charge in [0.2, 0.25) is 0 Å². The summed E-state index contributed by atoms with van der Waals surface area (Å²) >= 11 is 0. The number of hydrogen-bond donors (Lipinski definition) is 0. The van der Waals surface area contributed by atoms with Crippen LogP contribution in [-0.2, 0) is 11.2 Å². The van der Waals surface area contributed by atoms with Crippen LogP contribution in [0.25, 0.3) is 0 Å². The van der Waals surface area contributed by atoms with Crippen LogP contribution >= 0.6 is 0 Å². The van der Waals surface area contributed by atoms with E-state index in [0.717, 1.165) is 31.4 Å². The lowest BCUT2D eigenvalue weighted by atomic mass is 9.77. The van der Waals surface area contributed by atoms with Crippen molar-refractivity contribution in [3.8, 4) is 0 Å². The fraction of sp³-hybridized carbons (Fsp3) is 0.538. The summed E-state index contributed by atoms with van der Waals surface area (Å²) in [6.45, 7) is 2.25. The van der Waals surface area contributed by atoms with E-state index in [0.29, 0.717) is 17.6 Å². The summed E-state index contributed by atoms with van der Waals surface area (Å²) in [5, 5.41) is 0. The second kappa shape index (κ2) is 4.56. The summed E-state index contributed by atoms with van der Waals surface area (Å²) in [5.74, 6) is 1.58. The van der Waals surface area contributed by atoms with Gasteiger partial charge in [0.1, 0.15) is 5.78 Å². The highest BCUT2D eigenvalue weighted by atomic mass is 16.1. The number of hydrogen-bond acceptors (Lipinski definition) is 2. The molecule has 2 atom stereocenters. The number of pyridine rings is 1. The maximum Gasteiger partial charge on any atom is 0.133 e. The Morgan fingerprint density at radius 3 is 3.07 bits per heavy atom. The van der Waals surface area contributed by atoms with Crippen molar-refractivity contribution in [3.63, 3.8) is 0 Å². The van der Waals surface area contributed by atoms with Crippen molar-refractivity contribution in [1.29, 1.82) is 0 Å². The second-order valence-corrected chi connectivity index (χ2v) is 4.54. The molecular weight excluding hydrogens is 186 g/mol. The third kappa shape index (κ3) is 2.65. The van der Waals surface area contributed by atoms with Gasteiger partial charge in [-0.15, -0.1) is 0 Å². The van der Waals surface area contributed by atoms with Crippen molar-refractivity contribution >= 4 is 5.78 Å². The van der Waals surface area contributed by atoms with Gasteiger partial charge in [0.25, 0.3) is 0 Å². The van der Waals surface area contributed by atoms with Gasteiger partial charge >= 0.3 is 0 Å². The minimum absolute atomic E-state index is 0.425. The van der Waals surface area contributed by atoms with Gasteiger partial charge in [0.15, 0.2) is 0 Å². The van der Waals surface area contributed by atoms with E-state index in [-0.39, 0.29) is 0 Å². The van der Waals surface area contributed by atoms with E-state index in [4.69, 9.17) is 0 Å². The van der Waals surface area contributed by atoms with E-state index in [1.165, 1.54) is 0 Å². The van der Waals surface area contributed by atoms with Crippen molar-refractivity contribution in [2.75, 3.05) is 0 Å². The van der Waals surface area contributed by atoms with E-state index >= 15 is 0 Å². The van der Waals surface area contributed by atoms with E-state index in [2.05, 4.69) is 11.9 Å². The number of ketones is 1. The lowest BCUT2D eigenvalue weighted by molar-refractivity contribution is -0.122. The molecule has 0 radical (unpaired) electrons. The van der Waals surface area contributed by atoms with Crippen LogP contribution in [0.4, 0.5) is 0 Å². The minimum Gasteiger partial charge on any atom is -0.300 e. The first kappa shape index (κ1) is 10.3. The fourth-order valence-electron chi connectivity index (χ4n) is 2.28. The molecule has 2 unspecified atom stereocenters. The van der Waals surface area contributed by atoms with Crippen LogP contribution in [0, 0.1) is 11.8 Å². The number of carbonyl (C=O) groups excluding carboxylic acids is 1. The summed E-state index contributed by atoms with van der Waals surface area (Å²) in [5.41, 5.74) is 1.11. The van der Waals surface area contributed by atoms with E-state index in [1.807, 2.05) is 24.4 Å². The largest absolute Gasteiger partial charge is 0.300 e. The molecule has 2 rings (SSSR count). The predicted molar refractivity (Wildman–Crippen MR) is 59.5 cm³/mol. The maximum atomic E-state index is 11.4. The van der Waals surface area contributed by atoms with Crippen LogP contribution in [-0.4, -0.2) is 10.8 Å². The van der Waals surface area contributed by atoms with Crippen molar-refractivity contribution in [2.24, 2.45) is 11.8 Å². The predicted octanol–water partition coefficient (Wildman–Crippen LogP) is 2.63. The summed E-state index contributed by atoms with van der Waals surface area (Å²) < 4.78 is 0. The SMILES string of the molecule is CC1CCC(=O)CC1Cc1ccccn1. The average molecular weight is 203 g/mol. The number of rotatable bonds is 2. The first-order valence-corrected chi connectivity index (χ1v) is 5.67. The van der Waals surface area contributed by atoms with Crippen LogP contribution in [0.5, 0.6) is 0 Å². The number of nitrogens with zero attached hydrogens (tertiary/aromatic N) is 1. The zero-order valence-electron chi connectivity index (χ0n) is 9.15. The topological polar surface area (TPSA) is 30.0 Å². The molecule has 0 aliphatic heterocycles. The molecule has 1 aromatic rings. The molecule has 1 aliphatic rings. The van der Waals surface area contributed by atoms with Crippen LogP contribution in [0.1, 0.15) is 31.9 Å². The Morgan fingerprint density at radius 2 is 2.33 bits per heavy atom.